The predicted octanol–water partition coefficient (Wildman–Crippen LogP) is 2.52. The van der Waals surface area contributed by atoms with Crippen LogP contribution < -0.4 is 14.8 Å². The van der Waals surface area contributed by atoms with E-state index in [1.165, 1.54) is 19.3 Å². The Hall–Kier alpha value is -1.79. The summed E-state index contributed by atoms with van der Waals surface area (Å²) in [4.78, 5) is 17.1. The minimum atomic E-state index is 0.182. The number of nitrogens with one attached hydrogen (secondary N) is 1. The Labute approximate surface area is 169 Å². The fourth-order valence-electron chi connectivity index (χ4n) is 4.34. The molecule has 2 atom stereocenters. The fourth-order valence-corrected chi connectivity index (χ4v) is 4.34. The average Bonchev–Trinajstić information content (AvgIpc) is 2.71. The lowest BCUT2D eigenvalue weighted by molar-refractivity contribution is -0.124. The third-order valence-corrected chi connectivity index (χ3v) is 6.17. The summed E-state index contributed by atoms with van der Waals surface area (Å²) in [6.45, 7) is 7.34. The van der Waals surface area contributed by atoms with Gasteiger partial charge >= 0.3 is 0 Å². The molecule has 0 bridgehead atoms. The molecule has 1 heterocycles. The molecule has 0 spiro atoms. The predicted molar refractivity (Wildman–Crippen MR) is 111 cm³/mol. The van der Waals surface area contributed by atoms with Gasteiger partial charge in [-0.1, -0.05) is 19.8 Å². The summed E-state index contributed by atoms with van der Waals surface area (Å²) in [6.07, 6.45) is 4.90. The Kier molecular flexibility index (Phi) is 7.57. The monoisotopic (exact) mass is 389 g/mol. The molecule has 2 unspecified atom stereocenters. The van der Waals surface area contributed by atoms with Crippen molar-refractivity contribution < 1.29 is 14.3 Å². The quantitative estimate of drug-likeness (QED) is 0.777. The summed E-state index contributed by atoms with van der Waals surface area (Å²) in [5, 5.41) is 3.27. The molecular formula is C22H35N3O3. The average molecular weight is 390 g/mol. The smallest absolute Gasteiger partial charge is 0.234 e. The van der Waals surface area contributed by atoms with E-state index in [-0.39, 0.29) is 5.91 Å². The number of piperazine rings is 1. The second-order valence-electron chi connectivity index (χ2n) is 8.17. The van der Waals surface area contributed by atoms with Gasteiger partial charge in [0.25, 0.3) is 0 Å². The van der Waals surface area contributed by atoms with E-state index < -0.39 is 0 Å². The lowest BCUT2D eigenvalue weighted by atomic mass is 9.86. The maximum Gasteiger partial charge on any atom is 0.234 e. The van der Waals surface area contributed by atoms with Crippen LogP contribution in [0.1, 0.15) is 38.2 Å². The summed E-state index contributed by atoms with van der Waals surface area (Å²) in [5.74, 6) is 2.53. The van der Waals surface area contributed by atoms with Crippen LogP contribution >= 0.6 is 0 Å². The Balaban J connectivity index is 1.45. The molecule has 1 N–H and O–H groups in total. The highest BCUT2D eigenvalue weighted by Crippen LogP contribution is 2.26. The topological polar surface area (TPSA) is 54.0 Å². The van der Waals surface area contributed by atoms with Crippen molar-refractivity contribution >= 4 is 5.91 Å². The second-order valence-corrected chi connectivity index (χ2v) is 8.17. The van der Waals surface area contributed by atoms with Crippen LogP contribution in [0.25, 0.3) is 0 Å². The van der Waals surface area contributed by atoms with Gasteiger partial charge in [0.15, 0.2) is 0 Å². The highest BCUT2D eigenvalue weighted by atomic mass is 16.5. The van der Waals surface area contributed by atoms with Crippen molar-refractivity contribution in [2.45, 2.75) is 45.2 Å². The number of methoxy groups -OCH3 is 2. The van der Waals surface area contributed by atoms with Gasteiger partial charge in [-0.2, -0.15) is 0 Å². The van der Waals surface area contributed by atoms with Crippen molar-refractivity contribution in [2.75, 3.05) is 46.9 Å². The SMILES string of the molecule is COc1ccc(OC)c(CN2CCN(CC(=O)NC3CCCCC3C)CC2)c1. The lowest BCUT2D eigenvalue weighted by Gasteiger charge is -2.35. The number of amides is 1. The van der Waals surface area contributed by atoms with Crippen LogP contribution in [0.15, 0.2) is 18.2 Å². The van der Waals surface area contributed by atoms with Gasteiger partial charge in [0.2, 0.25) is 5.91 Å². The van der Waals surface area contributed by atoms with E-state index in [4.69, 9.17) is 9.47 Å². The summed E-state index contributed by atoms with van der Waals surface area (Å²) in [7, 11) is 3.39. The molecule has 1 saturated carbocycles. The van der Waals surface area contributed by atoms with Crippen molar-refractivity contribution in [1.82, 2.24) is 15.1 Å². The third kappa shape index (κ3) is 5.61. The van der Waals surface area contributed by atoms with Gasteiger partial charge < -0.3 is 14.8 Å². The molecule has 6 nitrogen and oxygen atoms in total. The van der Waals surface area contributed by atoms with Gasteiger partial charge in [-0.15, -0.1) is 0 Å². The zero-order valence-corrected chi connectivity index (χ0v) is 17.6. The molecule has 1 aliphatic heterocycles. The summed E-state index contributed by atoms with van der Waals surface area (Å²) < 4.78 is 10.8. The van der Waals surface area contributed by atoms with Gasteiger partial charge in [-0.05, 0) is 37.0 Å². The minimum absolute atomic E-state index is 0.182. The van der Waals surface area contributed by atoms with Gasteiger partial charge in [0.05, 0.1) is 20.8 Å². The van der Waals surface area contributed by atoms with Crippen LogP contribution in [-0.2, 0) is 11.3 Å². The molecule has 156 valence electrons. The first-order chi connectivity index (χ1) is 13.6. The van der Waals surface area contributed by atoms with E-state index in [0.717, 1.165) is 56.2 Å². The molecule has 1 amide bonds. The molecule has 1 aromatic carbocycles. The highest BCUT2D eigenvalue weighted by Gasteiger charge is 2.25. The zero-order valence-electron chi connectivity index (χ0n) is 17.6. The van der Waals surface area contributed by atoms with E-state index in [0.29, 0.717) is 18.5 Å². The van der Waals surface area contributed by atoms with Crippen molar-refractivity contribution in [3.05, 3.63) is 23.8 Å². The van der Waals surface area contributed by atoms with Crippen LogP contribution in [0.4, 0.5) is 0 Å². The number of ether oxygens (including phenoxy) is 2. The van der Waals surface area contributed by atoms with E-state index in [1.807, 2.05) is 18.2 Å². The highest BCUT2D eigenvalue weighted by molar-refractivity contribution is 5.78. The fraction of sp³-hybridized carbons (Fsp3) is 0.682. The number of nitrogens with zero attached hydrogens (tertiary/aromatic N) is 2. The molecule has 6 heteroatoms. The zero-order chi connectivity index (χ0) is 19.9. The van der Waals surface area contributed by atoms with Crippen molar-refractivity contribution in [3.8, 4) is 11.5 Å². The molecule has 2 aliphatic rings. The molecule has 3 rings (SSSR count). The van der Waals surface area contributed by atoms with E-state index in [2.05, 4.69) is 22.0 Å². The Bertz CT molecular complexity index is 644. The van der Waals surface area contributed by atoms with Crippen molar-refractivity contribution in [1.29, 1.82) is 0 Å². The first-order valence-corrected chi connectivity index (χ1v) is 10.5. The molecule has 1 aliphatic carbocycles. The Morgan fingerprint density at radius 3 is 2.46 bits per heavy atom. The maximum absolute atomic E-state index is 12.5. The molecule has 28 heavy (non-hydrogen) atoms. The van der Waals surface area contributed by atoms with Crippen LogP contribution in [-0.4, -0.2) is 68.7 Å². The van der Waals surface area contributed by atoms with Crippen LogP contribution in [0, 0.1) is 5.92 Å². The summed E-state index contributed by atoms with van der Waals surface area (Å²) in [6, 6.07) is 6.29. The Morgan fingerprint density at radius 2 is 1.79 bits per heavy atom. The van der Waals surface area contributed by atoms with Crippen molar-refractivity contribution in [2.24, 2.45) is 5.92 Å². The maximum atomic E-state index is 12.5. The second kappa shape index (κ2) is 10.1. The lowest BCUT2D eigenvalue weighted by Crippen LogP contribution is -2.51. The summed E-state index contributed by atoms with van der Waals surface area (Å²) >= 11 is 0. The van der Waals surface area contributed by atoms with E-state index in [1.54, 1.807) is 14.2 Å². The Morgan fingerprint density at radius 1 is 1.07 bits per heavy atom. The van der Waals surface area contributed by atoms with Crippen LogP contribution in [0.3, 0.4) is 0 Å². The number of hydrogen-bond donors (Lipinski definition) is 1. The molecule has 2 fully saturated rings. The number of rotatable bonds is 7. The molecular weight excluding hydrogens is 354 g/mol. The molecule has 1 aromatic rings. The van der Waals surface area contributed by atoms with Crippen LogP contribution in [0.5, 0.6) is 11.5 Å². The van der Waals surface area contributed by atoms with E-state index in [9.17, 15) is 4.79 Å². The summed E-state index contributed by atoms with van der Waals surface area (Å²) in [5.41, 5.74) is 1.14. The van der Waals surface area contributed by atoms with Gasteiger partial charge in [-0.25, -0.2) is 0 Å². The minimum Gasteiger partial charge on any atom is -0.497 e. The number of benzene rings is 1. The third-order valence-electron chi connectivity index (χ3n) is 6.17. The van der Waals surface area contributed by atoms with E-state index >= 15 is 0 Å². The number of carbonyl (C=O) groups is 1. The molecule has 0 aromatic heterocycles. The molecule has 1 saturated heterocycles. The van der Waals surface area contributed by atoms with Crippen LogP contribution in [0.2, 0.25) is 0 Å². The number of carbonyl (C=O) groups excluding carboxylic acids is 1. The van der Waals surface area contributed by atoms with Crippen molar-refractivity contribution in [3.63, 3.8) is 0 Å². The molecule has 0 radical (unpaired) electrons. The van der Waals surface area contributed by atoms with Gasteiger partial charge in [-0.3, -0.25) is 14.6 Å². The normalized spacial score (nSPS) is 24.0. The number of hydrogen-bond acceptors (Lipinski definition) is 5. The van der Waals surface area contributed by atoms with Gasteiger partial charge in [0, 0.05) is 44.3 Å². The van der Waals surface area contributed by atoms with Gasteiger partial charge in [0.1, 0.15) is 11.5 Å². The first kappa shape index (κ1) is 20.9. The largest absolute Gasteiger partial charge is 0.497 e. The first-order valence-electron chi connectivity index (χ1n) is 10.5. The standard InChI is InChI=1S/C22H35N3O3/c1-17-6-4-5-7-20(17)23-22(26)16-25-12-10-24(11-13-25)15-18-14-19(27-2)8-9-21(18)28-3/h8-9,14,17,20H,4-7,10-13,15-16H2,1-3H3,(H,23,26).